The van der Waals surface area contributed by atoms with Crippen LogP contribution in [0.15, 0.2) is 24.3 Å². The molecular formula is C9H16O3S. The number of rotatable bonds is 6. The van der Waals surface area contributed by atoms with Crippen molar-refractivity contribution in [3.8, 4) is 0 Å². The standard InChI is InChI=1S/C9H16O3S/c1-2-3-4-5-6-7-8-9-13(10,11)12/h5-8H,2-4,9H2,1H3,(H,10,11,12). The van der Waals surface area contributed by atoms with E-state index in [1.165, 1.54) is 6.08 Å². The van der Waals surface area contributed by atoms with Crippen molar-refractivity contribution in [2.45, 2.75) is 26.2 Å². The summed E-state index contributed by atoms with van der Waals surface area (Å²) >= 11 is 0. The Hall–Kier alpha value is -0.610. The van der Waals surface area contributed by atoms with Gasteiger partial charge in [0.2, 0.25) is 0 Å². The van der Waals surface area contributed by atoms with E-state index in [-0.39, 0.29) is 5.75 Å². The lowest BCUT2D eigenvalue weighted by molar-refractivity contribution is 0.487. The van der Waals surface area contributed by atoms with E-state index in [0.29, 0.717) is 0 Å². The Kier molecular flexibility index (Phi) is 6.54. The smallest absolute Gasteiger partial charge is 0.268 e. The van der Waals surface area contributed by atoms with E-state index >= 15 is 0 Å². The fraction of sp³-hybridized carbons (Fsp3) is 0.556. The number of allylic oxidation sites excluding steroid dienone is 3. The number of hydrogen-bond donors (Lipinski definition) is 1. The van der Waals surface area contributed by atoms with Crippen molar-refractivity contribution < 1.29 is 13.0 Å². The van der Waals surface area contributed by atoms with Crippen LogP contribution in [0.3, 0.4) is 0 Å². The predicted octanol–water partition coefficient (Wildman–Crippen LogP) is 2.18. The Bertz CT molecular complexity index is 263. The van der Waals surface area contributed by atoms with E-state index in [4.69, 9.17) is 4.55 Å². The van der Waals surface area contributed by atoms with E-state index in [0.717, 1.165) is 19.3 Å². The van der Waals surface area contributed by atoms with Gasteiger partial charge < -0.3 is 0 Å². The van der Waals surface area contributed by atoms with E-state index in [2.05, 4.69) is 6.92 Å². The summed E-state index contributed by atoms with van der Waals surface area (Å²) in [6.07, 6.45) is 10.1. The molecule has 0 spiro atoms. The molecule has 0 radical (unpaired) electrons. The first-order valence-corrected chi connectivity index (χ1v) is 5.94. The monoisotopic (exact) mass is 204 g/mol. The highest BCUT2D eigenvalue weighted by molar-refractivity contribution is 7.85. The summed E-state index contributed by atoms with van der Waals surface area (Å²) in [5.41, 5.74) is 0. The molecule has 0 unspecified atom stereocenters. The van der Waals surface area contributed by atoms with Crippen molar-refractivity contribution in [2.75, 3.05) is 5.75 Å². The summed E-state index contributed by atoms with van der Waals surface area (Å²) in [4.78, 5) is 0. The minimum atomic E-state index is -3.84. The normalized spacial score (nSPS) is 13.1. The van der Waals surface area contributed by atoms with Gasteiger partial charge in [0, 0.05) is 0 Å². The molecule has 0 saturated carbocycles. The highest BCUT2D eigenvalue weighted by atomic mass is 32.2. The maximum absolute atomic E-state index is 10.2. The molecule has 0 aliphatic carbocycles. The number of unbranched alkanes of at least 4 members (excludes halogenated alkanes) is 2. The molecule has 0 fully saturated rings. The second-order valence-electron chi connectivity index (χ2n) is 2.75. The van der Waals surface area contributed by atoms with Gasteiger partial charge in [-0.05, 0) is 6.42 Å². The third kappa shape index (κ3) is 11.4. The zero-order valence-electron chi connectivity index (χ0n) is 7.81. The van der Waals surface area contributed by atoms with Crippen LogP contribution in [0.4, 0.5) is 0 Å². The molecule has 76 valence electrons. The molecule has 1 N–H and O–H groups in total. The second kappa shape index (κ2) is 6.86. The summed E-state index contributed by atoms with van der Waals surface area (Å²) < 4.78 is 28.8. The van der Waals surface area contributed by atoms with Gasteiger partial charge in [-0.3, -0.25) is 4.55 Å². The molecule has 0 aromatic heterocycles. The van der Waals surface area contributed by atoms with Crippen LogP contribution in [0.1, 0.15) is 26.2 Å². The van der Waals surface area contributed by atoms with Crippen LogP contribution in [0, 0.1) is 0 Å². The molecule has 0 aromatic rings. The van der Waals surface area contributed by atoms with Gasteiger partial charge in [-0.25, -0.2) is 0 Å². The SMILES string of the molecule is CCCCC=CC=CCS(=O)(=O)O. The minimum Gasteiger partial charge on any atom is -0.285 e. The zero-order chi connectivity index (χ0) is 10.2. The predicted molar refractivity (Wildman–Crippen MR) is 54.2 cm³/mol. The molecule has 13 heavy (non-hydrogen) atoms. The zero-order valence-corrected chi connectivity index (χ0v) is 8.63. The highest BCUT2D eigenvalue weighted by Crippen LogP contribution is 1.95. The lowest BCUT2D eigenvalue weighted by Gasteiger charge is -1.87. The quantitative estimate of drug-likeness (QED) is 0.410. The van der Waals surface area contributed by atoms with Crippen molar-refractivity contribution >= 4 is 10.1 Å². The van der Waals surface area contributed by atoms with Crippen LogP contribution >= 0.6 is 0 Å². The Morgan fingerprint density at radius 2 is 1.85 bits per heavy atom. The summed E-state index contributed by atoms with van der Waals surface area (Å²) in [6, 6.07) is 0. The fourth-order valence-corrected chi connectivity index (χ4v) is 1.11. The Labute approximate surface area is 79.9 Å². The van der Waals surface area contributed by atoms with Gasteiger partial charge in [-0.2, -0.15) is 8.42 Å². The van der Waals surface area contributed by atoms with Crippen molar-refractivity contribution in [3.63, 3.8) is 0 Å². The molecule has 0 aliphatic heterocycles. The molecule has 0 aromatic carbocycles. The lowest BCUT2D eigenvalue weighted by atomic mass is 10.2. The van der Waals surface area contributed by atoms with E-state index in [1.807, 2.05) is 6.08 Å². The molecule has 0 saturated heterocycles. The first-order valence-electron chi connectivity index (χ1n) is 4.33. The molecule has 4 heteroatoms. The highest BCUT2D eigenvalue weighted by Gasteiger charge is 1.97. The first kappa shape index (κ1) is 12.4. The van der Waals surface area contributed by atoms with Crippen molar-refractivity contribution in [1.29, 1.82) is 0 Å². The molecule has 0 amide bonds. The summed E-state index contributed by atoms with van der Waals surface area (Å²) in [5.74, 6) is -0.314. The Morgan fingerprint density at radius 1 is 1.23 bits per heavy atom. The van der Waals surface area contributed by atoms with E-state index in [9.17, 15) is 8.42 Å². The van der Waals surface area contributed by atoms with E-state index in [1.54, 1.807) is 12.2 Å². The third-order valence-electron chi connectivity index (χ3n) is 1.41. The average Bonchev–Trinajstić information content (AvgIpc) is 2.01. The van der Waals surface area contributed by atoms with Crippen LogP contribution in [0.2, 0.25) is 0 Å². The van der Waals surface area contributed by atoms with Gasteiger partial charge in [0.1, 0.15) is 0 Å². The molecular weight excluding hydrogens is 188 g/mol. The average molecular weight is 204 g/mol. The minimum absolute atomic E-state index is 0.314. The van der Waals surface area contributed by atoms with Gasteiger partial charge in [0.15, 0.2) is 0 Å². The van der Waals surface area contributed by atoms with Gasteiger partial charge in [-0.1, -0.05) is 44.1 Å². The molecule has 0 atom stereocenters. The summed E-state index contributed by atoms with van der Waals surface area (Å²) in [5, 5.41) is 0. The molecule has 3 nitrogen and oxygen atoms in total. The largest absolute Gasteiger partial charge is 0.285 e. The maximum atomic E-state index is 10.2. The molecule has 0 aliphatic rings. The molecule has 0 heterocycles. The van der Waals surface area contributed by atoms with Crippen molar-refractivity contribution in [2.24, 2.45) is 0 Å². The van der Waals surface area contributed by atoms with Gasteiger partial charge in [0.25, 0.3) is 10.1 Å². The fourth-order valence-electron chi connectivity index (χ4n) is 0.752. The van der Waals surface area contributed by atoms with Crippen LogP contribution in [-0.4, -0.2) is 18.7 Å². The van der Waals surface area contributed by atoms with Crippen molar-refractivity contribution in [3.05, 3.63) is 24.3 Å². The van der Waals surface area contributed by atoms with E-state index < -0.39 is 10.1 Å². The summed E-state index contributed by atoms with van der Waals surface area (Å²) in [7, 11) is -3.84. The van der Waals surface area contributed by atoms with Gasteiger partial charge in [-0.15, -0.1) is 0 Å². The third-order valence-corrected chi connectivity index (χ3v) is 2.03. The second-order valence-corrected chi connectivity index (χ2v) is 4.24. The maximum Gasteiger partial charge on any atom is 0.268 e. The lowest BCUT2D eigenvalue weighted by Crippen LogP contribution is -1.99. The molecule has 0 bridgehead atoms. The Morgan fingerprint density at radius 3 is 2.38 bits per heavy atom. The van der Waals surface area contributed by atoms with Crippen molar-refractivity contribution in [1.82, 2.24) is 0 Å². The summed E-state index contributed by atoms with van der Waals surface area (Å²) in [6.45, 7) is 2.11. The van der Waals surface area contributed by atoms with Crippen LogP contribution in [0.5, 0.6) is 0 Å². The van der Waals surface area contributed by atoms with Gasteiger partial charge in [0.05, 0.1) is 5.75 Å². The first-order chi connectivity index (χ1) is 6.06. The number of hydrogen-bond acceptors (Lipinski definition) is 2. The Balaban J connectivity index is 3.58. The topological polar surface area (TPSA) is 54.4 Å². The van der Waals surface area contributed by atoms with Crippen LogP contribution in [0.25, 0.3) is 0 Å². The van der Waals surface area contributed by atoms with Crippen LogP contribution < -0.4 is 0 Å². The van der Waals surface area contributed by atoms with Crippen LogP contribution in [-0.2, 0) is 10.1 Å². The van der Waals surface area contributed by atoms with Gasteiger partial charge >= 0.3 is 0 Å². The molecule has 0 rings (SSSR count).